The largest absolute Gasteiger partial charge is 0.481 e. The Kier molecular flexibility index (Phi) is 7.60. The molecular weight excluding hydrogens is 226 g/mol. The average molecular weight is 244 g/mol. The number of halogens is 1. The molecule has 0 saturated heterocycles. The Hall–Kier alpha value is -1.06. The summed E-state index contributed by atoms with van der Waals surface area (Å²) in [6.45, 7) is 0.665. The fraction of sp³-hybridized carbons (Fsp3) is 0.417. The van der Waals surface area contributed by atoms with Crippen LogP contribution in [0.3, 0.4) is 0 Å². The van der Waals surface area contributed by atoms with E-state index in [0.29, 0.717) is 13.0 Å². The van der Waals surface area contributed by atoms with Crippen LogP contribution >= 0.6 is 12.4 Å². The van der Waals surface area contributed by atoms with Gasteiger partial charge in [-0.1, -0.05) is 24.3 Å². The highest BCUT2D eigenvalue weighted by atomic mass is 35.5. The summed E-state index contributed by atoms with van der Waals surface area (Å²) in [5, 5.41) is 8.49. The normalized spacial score (nSPS) is 9.56. The first-order valence-corrected chi connectivity index (χ1v) is 5.22. The van der Waals surface area contributed by atoms with Crippen LogP contribution in [0.25, 0.3) is 0 Å². The van der Waals surface area contributed by atoms with Gasteiger partial charge in [0, 0.05) is 6.42 Å². The minimum absolute atomic E-state index is 0. The molecule has 0 aromatic heterocycles. The van der Waals surface area contributed by atoms with Gasteiger partial charge in [-0.05, 0) is 36.9 Å². The summed E-state index contributed by atoms with van der Waals surface area (Å²) in [6.07, 6.45) is 2.67. The van der Waals surface area contributed by atoms with Crippen LogP contribution in [0, 0.1) is 0 Å². The number of aryl methyl sites for hydroxylation is 1. The van der Waals surface area contributed by atoms with E-state index < -0.39 is 5.97 Å². The van der Waals surface area contributed by atoms with E-state index in [0.717, 1.165) is 12.8 Å². The summed E-state index contributed by atoms with van der Waals surface area (Å²) in [4.78, 5) is 10.3. The minimum atomic E-state index is -0.727. The van der Waals surface area contributed by atoms with Gasteiger partial charge in [-0.2, -0.15) is 0 Å². The zero-order valence-electron chi connectivity index (χ0n) is 9.19. The molecule has 0 unspecified atom stereocenters. The van der Waals surface area contributed by atoms with Gasteiger partial charge in [-0.3, -0.25) is 4.79 Å². The van der Waals surface area contributed by atoms with Crippen LogP contribution in [0.15, 0.2) is 24.3 Å². The molecule has 3 N–H and O–H groups in total. The molecule has 0 aliphatic heterocycles. The van der Waals surface area contributed by atoms with Crippen molar-refractivity contribution in [3.05, 3.63) is 35.4 Å². The van der Waals surface area contributed by atoms with Gasteiger partial charge >= 0.3 is 5.97 Å². The number of nitrogens with two attached hydrogens (primary N) is 1. The fourth-order valence-corrected chi connectivity index (χ4v) is 1.48. The van der Waals surface area contributed by atoms with E-state index in [-0.39, 0.29) is 18.8 Å². The van der Waals surface area contributed by atoms with Gasteiger partial charge < -0.3 is 10.8 Å². The Bertz CT molecular complexity index is 311. The van der Waals surface area contributed by atoms with Crippen molar-refractivity contribution in [3.8, 4) is 0 Å². The van der Waals surface area contributed by atoms with Gasteiger partial charge in [0.05, 0.1) is 0 Å². The van der Waals surface area contributed by atoms with Crippen molar-refractivity contribution in [2.75, 3.05) is 6.54 Å². The predicted octanol–water partition coefficient (Wildman–Crippen LogP) is 2.02. The lowest BCUT2D eigenvalue weighted by molar-refractivity contribution is -0.137. The van der Waals surface area contributed by atoms with Gasteiger partial charge in [-0.15, -0.1) is 12.4 Å². The Morgan fingerprint density at radius 2 is 1.62 bits per heavy atom. The molecule has 1 aromatic rings. The highest BCUT2D eigenvalue weighted by Gasteiger charge is 1.98. The number of carbonyl (C=O) groups is 1. The molecule has 0 heterocycles. The molecule has 1 rings (SSSR count). The van der Waals surface area contributed by atoms with Crippen LogP contribution < -0.4 is 5.73 Å². The Balaban J connectivity index is 0.00000225. The molecule has 0 radical (unpaired) electrons. The zero-order valence-corrected chi connectivity index (χ0v) is 10.0. The third-order valence-corrected chi connectivity index (χ3v) is 2.31. The molecule has 0 aliphatic carbocycles. The first kappa shape index (κ1) is 14.9. The SMILES string of the molecule is Cl.NCCc1ccc(CCCC(=O)O)cc1. The van der Waals surface area contributed by atoms with Gasteiger partial charge in [0.1, 0.15) is 0 Å². The standard InChI is InChI=1S/C12H17NO2.ClH/c13-9-8-11-6-4-10(5-7-11)2-1-3-12(14)15;/h4-7H,1-3,8-9,13H2,(H,14,15);1H. The number of hydrogen-bond donors (Lipinski definition) is 2. The van der Waals surface area contributed by atoms with Crippen molar-refractivity contribution in [1.82, 2.24) is 0 Å². The molecular formula is C12H18ClNO2. The van der Waals surface area contributed by atoms with Crippen molar-refractivity contribution in [3.63, 3.8) is 0 Å². The lowest BCUT2D eigenvalue weighted by Gasteiger charge is -2.02. The Morgan fingerprint density at radius 1 is 1.12 bits per heavy atom. The van der Waals surface area contributed by atoms with Gasteiger partial charge in [0.15, 0.2) is 0 Å². The number of aliphatic carboxylic acids is 1. The van der Waals surface area contributed by atoms with Crippen molar-refractivity contribution in [1.29, 1.82) is 0 Å². The summed E-state index contributed by atoms with van der Waals surface area (Å²) in [5.41, 5.74) is 7.87. The lowest BCUT2D eigenvalue weighted by atomic mass is 10.0. The maximum Gasteiger partial charge on any atom is 0.303 e. The number of benzene rings is 1. The Morgan fingerprint density at radius 3 is 2.06 bits per heavy atom. The van der Waals surface area contributed by atoms with Crippen LogP contribution in [0.1, 0.15) is 24.0 Å². The van der Waals surface area contributed by atoms with E-state index in [2.05, 4.69) is 12.1 Å². The van der Waals surface area contributed by atoms with Crippen molar-refractivity contribution < 1.29 is 9.90 Å². The minimum Gasteiger partial charge on any atom is -0.481 e. The van der Waals surface area contributed by atoms with Crippen LogP contribution in [-0.4, -0.2) is 17.6 Å². The highest BCUT2D eigenvalue weighted by molar-refractivity contribution is 5.85. The molecule has 0 atom stereocenters. The summed E-state index contributed by atoms with van der Waals surface area (Å²) in [6, 6.07) is 8.21. The van der Waals surface area contributed by atoms with E-state index in [1.165, 1.54) is 11.1 Å². The van der Waals surface area contributed by atoms with Gasteiger partial charge in [0.2, 0.25) is 0 Å². The number of hydrogen-bond acceptors (Lipinski definition) is 2. The third kappa shape index (κ3) is 5.73. The topological polar surface area (TPSA) is 63.3 Å². The summed E-state index contributed by atoms with van der Waals surface area (Å²) >= 11 is 0. The average Bonchev–Trinajstić information content (AvgIpc) is 2.20. The lowest BCUT2D eigenvalue weighted by Crippen LogP contribution is -2.02. The molecule has 3 nitrogen and oxygen atoms in total. The fourth-order valence-electron chi connectivity index (χ4n) is 1.48. The van der Waals surface area contributed by atoms with Crippen molar-refractivity contribution in [2.24, 2.45) is 5.73 Å². The van der Waals surface area contributed by atoms with E-state index in [9.17, 15) is 4.79 Å². The maximum atomic E-state index is 10.3. The van der Waals surface area contributed by atoms with E-state index in [1.807, 2.05) is 12.1 Å². The second kappa shape index (κ2) is 8.13. The summed E-state index contributed by atoms with van der Waals surface area (Å²) < 4.78 is 0. The van der Waals surface area contributed by atoms with Crippen LogP contribution in [0.2, 0.25) is 0 Å². The monoisotopic (exact) mass is 243 g/mol. The van der Waals surface area contributed by atoms with Crippen LogP contribution in [-0.2, 0) is 17.6 Å². The van der Waals surface area contributed by atoms with Gasteiger partial charge in [0.25, 0.3) is 0 Å². The number of carboxylic acids is 1. The molecule has 0 aliphatic rings. The molecule has 0 bridgehead atoms. The van der Waals surface area contributed by atoms with Crippen molar-refractivity contribution >= 4 is 18.4 Å². The van der Waals surface area contributed by atoms with E-state index >= 15 is 0 Å². The molecule has 0 spiro atoms. The summed E-state index contributed by atoms with van der Waals surface area (Å²) in [5.74, 6) is -0.727. The second-order valence-corrected chi connectivity index (χ2v) is 3.60. The van der Waals surface area contributed by atoms with E-state index in [4.69, 9.17) is 10.8 Å². The molecule has 4 heteroatoms. The van der Waals surface area contributed by atoms with Crippen LogP contribution in [0.4, 0.5) is 0 Å². The third-order valence-electron chi connectivity index (χ3n) is 2.31. The zero-order chi connectivity index (χ0) is 11.1. The molecule has 1 aromatic carbocycles. The number of rotatable bonds is 6. The first-order chi connectivity index (χ1) is 7.22. The second-order valence-electron chi connectivity index (χ2n) is 3.60. The number of carboxylic acid groups (broad SMARTS) is 1. The molecule has 16 heavy (non-hydrogen) atoms. The Labute approximate surface area is 102 Å². The van der Waals surface area contributed by atoms with E-state index in [1.54, 1.807) is 0 Å². The summed E-state index contributed by atoms with van der Waals surface area (Å²) in [7, 11) is 0. The highest BCUT2D eigenvalue weighted by Crippen LogP contribution is 2.08. The molecule has 0 saturated carbocycles. The quantitative estimate of drug-likeness (QED) is 0.804. The van der Waals surface area contributed by atoms with Gasteiger partial charge in [-0.25, -0.2) is 0 Å². The first-order valence-electron chi connectivity index (χ1n) is 5.22. The van der Waals surface area contributed by atoms with Crippen molar-refractivity contribution in [2.45, 2.75) is 25.7 Å². The molecule has 0 amide bonds. The maximum absolute atomic E-state index is 10.3. The molecule has 90 valence electrons. The predicted molar refractivity (Wildman–Crippen MR) is 67.0 cm³/mol. The molecule has 0 fully saturated rings. The smallest absolute Gasteiger partial charge is 0.303 e. The van der Waals surface area contributed by atoms with Crippen LogP contribution in [0.5, 0.6) is 0 Å².